The quantitative estimate of drug-likeness (QED) is 0.704. The average Bonchev–Trinajstić information content (AvgIpc) is 2.18. The van der Waals surface area contributed by atoms with Gasteiger partial charge in [0.1, 0.15) is 0 Å². The second-order valence-corrected chi connectivity index (χ2v) is 2.84. The van der Waals surface area contributed by atoms with Crippen molar-refractivity contribution >= 4 is 17.7 Å². The molecule has 0 aliphatic rings. The molecule has 0 aliphatic heterocycles. The van der Waals surface area contributed by atoms with Crippen LogP contribution in [0.4, 0.5) is 10.5 Å². The Labute approximate surface area is 87.1 Å². The van der Waals surface area contributed by atoms with Gasteiger partial charge < -0.3 is 15.7 Å². The summed E-state index contributed by atoms with van der Waals surface area (Å²) in [5.74, 6) is -1.07. The minimum absolute atomic E-state index is 0.0729. The Hall–Kier alpha value is -2.04. The van der Waals surface area contributed by atoms with Crippen LogP contribution in [0.5, 0.6) is 0 Å². The van der Waals surface area contributed by atoms with Gasteiger partial charge in [-0.05, 0) is 19.1 Å². The lowest BCUT2D eigenvalue weighted by Crippen LogP contribution is -2.28. The zero-order valence-corrected chi connectivity index (χ0v) is 8.28. The summed E-state index contributed by atoms with van der Waals surface area (Å²) in [7, 11) is 0. The molecule has 2 amide bonds. The third-order valence-electron chi connectivity index (χ3n) is 1.74. The Morgan fingerprint density at radius 2 is 2.00 bits per heavy atom. The van der Waals surface area contributed by atoms with Crippen molar-refractivity contribution in [2.75, 3.05) is 11.9 Å². The number of carbonyl (C=O) groups is 2. The first-order valence-corrected chi connectivity index (χ1v) is 4.52. The van der Waals surface area contributed by atoms with Gasteiger partial charge in [0.05, 0.1) is 11.3 Å². The van der Waals surface area contributed by atoms with E-state index in [-0.39, 0.29) is 11.3 Å². The number of aromatic carboxylic acids is 1. The molecule has 0 radical (unpaired) electrons. The van der Waals surface area contributed by atoms with Gasteiger partial charge in [-0.2, -0.15) is 0 Å². The van der Waals surface area contributed by atoms with E-state index in [0.29, 0.717) is 6.54 Å². The molecule has 1 rings (SSSR count). The molecule has 5 heteroatoms. The van der Waals surface area contributed by atoms with Crippen LogP contribution >= 0.6 is 0 Å². The molecular weight excluding hydrogens is 196 g/mol. The molecule has 1 aromatic carbocycles. The minimum Gasteiger partial charge on any atom is -0.478 e. The summed E-state index contributed by atoms with van der Waals surface area (Å²) in [6.45, 7) is 2.27. The number of urea groups is 1. The molecule has 0 fully saturated rings. The highest BCUT2D eigenvalue weighted by Crippen LogP contribution is 2.14. The number of rotatable bonds is 3. The fourth-order valence-corrected chi connectivity index (χ4v) is 1.11. The summed E-state index contributed by atoms with van der Waals surface area (Å²) < 4.78 is 0. The Morgan fingerprint density at radius 3 is 2.60 bits per heavy atom. The van der Waals surface area contributed by atoms with E-state index in [1.165, 1.54) is 6.07 Å². The first-order valence-electron chi connectivity index (χ1n) is 4.52. The molecule has 0 atom stereocenters. The molecule has 0 saturated carbocycles. The zero-order chi connectivity index (χ0) is 11.3. The molecule has 0 bridgehead atoms. The lowest BCUT2D eigenvalue weighted by atomic mass is 10.2. The fourth-order valence-electron chi connectivity index (χ4n) is 1.11. The fraction of sp³-hybridized carbons (Fsp3) is 0.200. The monoisotopic (exact) mass is 208 g/mol. The number of para-hydroxylation sites is 1. The van der Waals surface area contributed by atoms with Crippen molar-refractivity contribution in [3.05, 3.63) is 29.8 Å². The van der Waals surface area contributed by atoms with Gasteiger partial charge in [-0.3, -0.25) is 0 Å². The standard InChI is InChI=1S/C10H12N2O3/c1-2-11-10(15)12-8-6-4-3-5-7(8)9(13)14/h3-6H,2H2,1H3,(H,13,14)(H2,11,12,15). The Bertz CT molecular complexity index is 377. The van der Waals surface area contributed by atoms with Gasteiger partial charge in [0, 0.05) is 6.54 Å². The summed E-state index contributed by atoms with van der Waals surface area (Å²) >= 11 is 0. The van der Waals surface area contributed by atoms with Crippen LogP contribution in [0, 0.1) is 0 Å². The van der Waals surface area contributed by atoms with Crippen LogP contribution in [-0.4, -0.2) is 23.7 Å². The van der Waals surface area contributed by atoms with E-state index < -0.39 is 12.0 Å². The molecule has 80 valence electrons. The van der Waals surface area contributed by atoms with Crippen LogP contribution in [0.1, 0.15) is 17.3 Å². The largest absolute Gasteiger partial charge is 0.478 e. The lowest BCUT2D eigenvalue weighted by molar-refractivity contribution is 0.0698. The molecule has 0 heterocycles. The number of nitrogens with one attached hydrogen (secondary N) is 2. The maximum atomic E-state index is 11.2. The van der Waals surface area contributed by atoms with Gasteiger partial charge in [-0.15, -0.1) is 0 Å². The van der Waals surface area contributed by atoms with Crippen LogP contribution in [0.3, 0.4) is 0 Å². The van der Waals surface area contributed by atoms with Crippen molar-refractivity contribution in [1.82, 2.24) is 5.32 Å². The first-order chi connectivity index (χ1) is 7.15. The predicted octanol–water partition coefficient (Wildman–Crippen LogP) is 1.53. The van der Waals surface area contributed by atoms with Crippen LogP contribution in [-0.2, 0) is 0 Å². The number of carboxylic acids is 1. The van der Waals surface area contributed by atoms with Crippen molar-refractivity contribution in [2.24, 2.45) is 0 Å². The summed E-state index contributed by atoms with van der Waals surface area (Å²) in [5.41, 5.74) is 0.361. The van der Waals surface area contributed by atoms with E-state index in [1.54, 1.807) is 25.1 Å². The first kappa shape index (κ1) is 11.0. The van der Waals surface area contributed by atoms with Crippen molar-refractivity contribution in [3.8, 4) is 0 Å². The SMILES string of the molecule is CCNC(=O)Nc1ccccc1C(=O)O. The molecule has 1 aromatic rings. The number of carboxylic acid groups (broad SMARTS) is 1. The molecule has 15 heavy (non-hydrogen) atoms. The van der Waals surface area contributed by atoms with Crippen LogP contribution in [0.15, 0.2) is 24.3 Å². The molecule has 0 aromatic heterocycles. The molecule has 0 saturated heterocycles. The normalized spacial score (nSPS) is 9.40. The van der Waals surface area contributed by atoms with Gasteiger partial charge in [-0.25, -0.2) is 9.59 Å². The lowest BCUT2D eigenvalue weighted by Gasteiger charge is -2.08. The predicted molar refractivity (Wildman–Crippen MR) is 56.1 cm³/mol. The maximum absolute atomic E-state index is 11.2. The third-order valence-corrected chi connectivity index (χ3v) is 1.74. The number of benzene rings is 1. The van der Waals surface area contributed by atoms with Crippen LogP contribution in [0.2, 0.25) is 0 Å². The van der Waals surface area contributed by atoms with Crippen LogP contribution < -0.4 is 10.6 Å². The minimum atomic E-state index is -1.07. The second-order valence-electron chi connectivity index (χ2n) is 2.84. The molecule has 5 nitrogen and oxygen atoms in total. The number of carbonyl (C=O) groups excluding carboxylic acids is 1. The van der Waals surface area contributed by atoms with E-state index >= 15 is 0 Å². The molecule has 0 spiro atoms. The van der Waals surface area contributed by atoms with Gasteiger partial charge in [0.2, 0.25) is 0 Å². The molecule has 3 N–H and O–H groups in total. The van der Waals surface area contributed by atoms with Crippen LogP contribution in [0.25, 0.3) is 0 Å². The van der Waals surface area contributed by atoms with Gasteiger partial charge in [0.15, 0.2) is 0 Å². The number of hydrogen-bond donors (Lipinski definition) is 3. The number of hydrogen-bond acceptors (Lipinski definition) is 2. The smallest absolute Gasteiger partial charge is 0.337 e. The molecular formula is C10H12N2O3. The van der Waals surface area contributed by atoms with Gasteiger partial charge in [-0.1, -0.05) is 12.1 Å². The highest BCUT2D eigenvalue weighted by molar-refractivity contribution is 5.99. The Morgan fingerprint density at radius 1 is 1.33 bits per heavy atom. The van der Waals surface area contributed by atoms with Crippen molar-refractivity contribution in [2.45, 2.75) is 6.92 Å². The summed E-state index contributed by atoms with van der Waals surface area (Å²) in [4.78, 5) is 22.0. The average molecular weight is 208 g/mol. The summed E-state index contributed by atoms with van der Waals surface area (Å²) in [6.07, 6.45) is 0. The highest BCUT2D eigenvalue weighted by atomic mass is 16.4. The zero-order valence-electron chi connectivity index (χ0n) is 8.28. The maximum Gasteiger partial charge on any atom is 0.337 e. The van der Waals surface area contributed by atoms with E-state index in [9.17, 15) is 9.59 Å². The Balaban J connectivity index is 2.84. The third kappa shape index (κ3) is 2.98. The van der Waals surface area contributed by atoms with E-state index in [1.807, 2.05) is 0 Å². The highest BCUT2D eigenvalue weighted by Gasteiger charge is 2.10. The summed E-state index contributed by atoms with van der Waals surface area (Å²) in [5, 5.41) is 13.8. The van der Waals surface area contributed by atoms with E-state index in [2.05, 4.69) is 10.6 Å². The second kappa shape index (κ2) is 4.99. The molecule has 0 unspecified atom stereocenters. The van der Waals surface area contributed by atoms with E-state index in [4.69, 9.17) is 5.11 Å². The topological polar surface area (TPSA) is 78.4 Å². The number of amides is 2. The van der Waals surface area contributed by atoms with Crippen molar-refractivity contribution in [3.63, 3.8) is 0 Å². The van der Waals surface area contributed by atoms with Crippen molar-refractivity contribution in [1.29, 1.82) is 0 Å². The molecule has 0 aliphatic carbocycles. The summed E-state index contributed by atoms with van der Waals surface area (Å²) in [6, 6.07) is 5.83. The Kier molecular flexibility index (Phi) is 3.68. The van der Waals surface area contributed by atoms with E-state index in [0.717, 1.165) is 0 Å². The van der Waals surface area contributed by atoms with Crippen molar-refractivity contribution < 1.29 is 14.7 Å². The number of anilines is 1. The van der Waals surface area contributed by atoms with Gasteiger partial charge in [0.25, 0.3) is 0 Å². The van der Waals surface area contributed by atoms with Gasteiger partial charge >= 0.3 is 12.0 Å².